The van der Waals surface area contributed by atoms with Crippen LogP contribution in [0.25, 0.3) is 0 Å². The number of rotatable bonds is 7. The van der Waals surface area contributed by atoms with Crippen LogP contribution in [0, 0.1) is 11.8 Å². The molecule has 0 spiro atoms. The first-order chi connectivity index (χ1) is 14.3. The van der Waals surface area contributed by atoms with Crippen LogP contribution >= 0.6 is 0 Å². The number of piperazine rings is 1. The van der Waals surface area contributed by atoms with Gasteiger partial charge in [0.2, 0.25) is 10.0 Å². The Morgan fingerprint density at radius 2 is 1.77 bits per heavy atom. The summed E-state index contributed by atoms with van der Waals surface area (Å²) in [4.78, 5) is 17.3. The fraction of sp³-hybridized carbons (Fsp3) is 0.682. The topological polar surface area (TPSA) is 73.0 Å². The maximum atomic E-state index is 12.9. The maximum absolute atomic E-state index is 12.9. The molecule has 168 valence electrons. The minimum Gasteiger partial charge on any atom is -0.352 e. The molecular weight excluding hydrogens is 400 g/mol. The summed E-state index contributed by atoms with van der Waals surface area (Å²) in [6, 6.07) is 6.39. The van der Waals surface area contributed by atoms with Crippen LogP contribution in [0.1, 0.15) is 37.0 Å². The third-order valence-corrected chi connectivity index (χ3v) is 7.97. The predicted octanol–water partition coefficient (Wildman–Crippen LogP) is 1.72. The monoisotopic (exact) mass is 436 g/mol. The Hall–Kier alpha value is -1.48. The molecule has 2 heterocycles. The van der Waals surface area contributed by atoms with Crippen LogP contribution in [0.2, 0.25) is 0 Å². The van der Waals surface area contributed by atoms with Crippen molar-refractivity contribution in [2.75, 3.05) is 59.4 Å². The highest BCUT2D eigenvalue weighted by Gasteiger charge is 2.28. The molecule has 0 aromatic heterocycles. The fourth-order valence-corrected chi connectivity index (χ4v) is 6.03. The summed E-state index contributed by atoms with van der Waals surface area (Å²) in [6.07, 6.45) is 2.19. The highest BCUT2D eigenvalue weighted by molar-refractivity contribution is 7.89. The van der Waals surface area contributed by atoms with Crippen molar-refractivity contribution in [2.45, 2.75) is 31.6 Å². The Labute approximate surface area is 181 Å². The fourth-order valence-electron chi connectivity index (χ4n) is 4.56. The first-order valence-electron chi connectivity index (χ1n) is 11.0. The van der Waals surface area contributed by atoms with Gasteiger partial charge >= 0.3 is 0 Å². The van der Waals surface area contributed by atoms with Gasteiger partial charge in [0, 0.05) is 51.4 Å². The largest absolute Gasteiger partial charge is 0.352 e. The summed E-state index contributed by atoms with van der Waals surface area (Å²) in [6.45, 7) is 10.8. The Kier molecular flexibility index (Phi) is 7.90. The summed E-state index contributed by atoms with van der Waals surface area (Å²) >= 11 is 0. The summed E-state index contributed by atoms with van der Waals surface area (Å²) in [5.74, 6) is 1.24. The lowest BCUT2D eigenvalue weighted by Crippen LogP contribution is -2.47. The zero-order chi connectivity index (χ0) is 21.7. The number of likely N-dealkylation sites (N-methyl/N-ethyl adjacent to an activating group) is 1. The smallest absolute Gasteiger partial charge is 0.251 e. The van der Waals surface area contributed by atoms with Gasteiger partial charge in [-0.3, -0.25) is 4.79 Å². The molecule has 0 radical (unpaired) electrons. The molecule has 0 aliphatic carbocycles. The van der Waals surface area contributed by atoms with E-state index in [-0.39, 0.29) is 10.8 Å². The number of hydrogen-bond donors (Lipinski definition) is 1. The van der Waals surface area contributed by atoms with Gasteiger partial charge in [-0.15, -0.1) is 0 Å². The van der Waals surface area contributed by atoms with Gasteiger partial charge in [-0.05, 0) is 56.5 Å². The third kappa shape index (κ3) is 6.03. The van der Waals surface area contributed by atoms with Gasteiger partial charge in [0.1, 0.15) is 0 Å². The molecule has 2 aliphatic heterocycles. The van der Waals surface area contributed by atoms with Crippen LogP contribution < -0.4 is 5.32 Å². The molecule has 2 aliphatic rings. The van der Waals surface area contributed by atoms with E-state index >= 15 is 0 Å². The first-order valence-corrected chi connectivity index (χ1v) is 12.5. The van der Waals surface area contributed by atoms with E-state index in [1.54, 1.807) is 18.2 Å². The van der Waals surface area contributed by atoms with Crippen molar-refractivity contribution in [3.8, 4) is 0 Å². The van der Waals surface area contributed by atoms with Crippen molar-refractivity contribution in [1.29, 1.82) is 0 Å². The summed E-state index contributed by atoms with van der Waals surface area (Å²) in [7, 11) is -1.58. The molecule has 2 fully saturated rings. The van der Waals surface area contributed by atoms with E-state index in [1.165, 1.54) is 16.8 Å². The van der Waals surface area contributed by atoms with E-state index < -0.39 is 10.0 Å². The number of carbonyl (C=O) groups excluding carboxylic acids is 1. The van der Waals surface area contributed by atoms with Gasteiger partial charge < -0.3 is 15.1 Å². The number of hydrogen-bond acceptors (Lipinski definition) is 5. The zero-order valence-corrected chi connectivity index (χ0v) is 19.3. The second-order valence-electron chi connectivity index (χ2n) is 9.05. The van der Waals surface area contributed by atoms with E-state index in [2.05, 4.69) is 29.0 Å². The standard InChI is InChI=1S/C22H36N4O3S/c1-18-14-19(2)17-25(16-18)9-5-8-23-22(27)20-6-4-7-21(15-20)30(28,29)26-12-10-24(3)11-13-26/h4,6-7,15,18-19H,5,8-14,16-17H2,1-3H3,(H,23,27). The quantitative estimate of drug-likeness (QED) is 0.659. The Morgan fingerprint density at radius 1 is 1.10 bits per heavy atom. The van der Waals surface area contributed by atoms with Crippen LogP contribution in [0.3, 0.4) is 0 Å². The van der Waals surface area contributed by atoms with Gasteiger partial charge in [-0.1, -0.05) is 19.9 Å². The molecule has 3 rings (SSSR count). The van der Waals surface area contributed by atoms with E-state index in [4.69, 9.17) is 0 Å². The highest BCUT2D eigenvalue weighted by atomic mass is 32.2. The second-order valence-corrected chi connectivity index (χ2v) is 11.0. The lowest BCUT2D eigenvalue weighted by atomic mass is 9.92. The van der Waals surface area contributed by atoms with Crippen LogP contribution in [-0.4, -0.2) is 87.8 Å². The van der Waals surface area contributed by atoms with Gasteiger partial charge in [-0.25, -0.2) is 8.42 Å². The molecule has 1 amide bonds. The van der Waals surface area contributed by atoms with Crippen molar-refractivity contribution < 1.29 is 13.2 Å². The first kappa shape index (κ1) is 23.2. The zero-order valence-electron chi connectivity index (χ0n) is 18.5. The van der Waals surface area contributed by atoms with Crippen molar-refractivity contribution in [2.24, 2.45) is 11.8 Å². The van der Waals surface area contributed by atoms with Gasteiger partial charge in [0.25, 0.3) is 5.91 Å². The summed E-state index contributed by atoms with van der Waals surface area (Å²) in [5.41, 5.74) is 0.394. The highest BCUT2D eigenvalue weighted by Crippen LogP contribution is 2.21. The number of carbonyl (C=O) groups is 1. The Morgan fingerprint density at radius 3 is 2.43 bits per heavy atom. The van der Waals surface area contributed by atoms with Crippen LogP contribution in [-0.2, 0) is 10.0 Å². The van der Waals surface area contributed by atoms with Gasteiger partial charge in [0.05, 0.1) is 4.90 Å². The van der Waals surface area contributed by atoms with Crippen LogP contribution in [0.15, 0.2) is 29.2 Å². The average molecular weight is 437 g/mol. The molecule has 30 heavy (non-hydrogen) atoms. The van der Waals surface area contributed by atoms with Crippen molar-refractivity contribution in [3.63, 3.8) is 0 Å². The third-order valence-electron chi connectivity index (χ3n) is 6.08. The van der Waals surface area contributed by atoms with Crippen molar-refractivity contribution in [1.82, 2.24) is 19.4 Å². The van der Waals surface area contributed by atoms with E-state index in [1.807, 2.05) is 7.05 Å². The molecule has 2 unspecified atom stereocenters. The number of nitrogens with zero attached hydrogens (tertiary/aromatic N) is 3. The summed E-state index contributed by atoms with van der Waals surface area (Å²) in [5, 5.41) is 2.94. The minimum atomic E-state index is -3.57. The number of sulfonamides is 1. The summed E-state index contributed by atoms with van der Waals surface area (Å²) < 4.78 is 27.4. The molecule has 7 nitrogen and oxygen atoms in total. The predicted molar refractivity (Wildman–Crippen MR) is 119 cm³/mol. The van der Waals surface area contributed by atoms with Crippen molar-refractivity contribution in [3.05, 3.63) is 29.8 Å². The molecule has 0 bridgehead atoms. The molecule has 1 aromatic carbocycles. The second kappa shape index (κ2) is 10.2. The minimum absolute atomic E-state index is 0.191. The van der Waals surface area contributed by atoms with E-state index in [9.17, 15) is 13.2 Å². The number of benzene rings is 1. The molecule has 1 aromatic rings. The molecule has 0 saturated carbocycles. The molecule has 8 heteroatoms. The van der Waals surface area contributed by atoms with Gasteiger partial charge in [0.15, 0.2) is 0 Å². The maximum Gasteiger partial charge on any atom is 0.251 e. The normalized spacial score (nSPS) is 24.6. The number of amides is 1. The lowest BCUT2D eigenvalue weighted by Gasteiger charge is -2.34. The SMILES string of the molecule is CC1CC(C)CN(CCCNC(=O)c2cccc(S(=O)(=O)N3CCN(C)CC3)c2)C1. The van der Waals surface area contributed by atoms with E-state index in [0.717, 1.165) is 37.9 Å². The van der Waals surface area contributed by atoms with Gasteiger partial charge in [-0.2, -0.15) is 4.31 Å². The number of nitrogens with one attached hydrogen (secondary N) is 1. The molecular formula is C22H36N4O3S. The van der Waals surface area contributed by atoms with Crippen molar-refractivity contribution >= 4 is 15.9 Å². The average Bonchev–Trinajstić information content (AvgIpc) is 2.71. The lowest BCUT2D eigenvalue weighted by molar-refractivity contribution is 0.0947. The molecule has 2 atom stereocenters. The van der Waals surface area contributed by atoms with Crippen LogP contribution in [0.5, 0.6) is 0 Å². The van der Waals surface area contributed by atoms with Crippen LogP contribution in [0.4, 0.5) is 0 Å². The Bertz CT molecular complexity index is 811. The number of piperidine rings is 1. The molecule has 2 saturated heterocycles. The number of likely N-dealkylation sites (tertiary alicyclic amines) is 1. The molecule has 1 N–H and O–H groups in total. The Balaban J connectivity index is 1.52. The van der Waals surface area contributed by atoms with E-state index in [0.29, 0.717) is 38.3 Å².